The van der Waals surface area contributed by atoms with E-state index in [1.165, 1.54) is 28.4 Å². The Kier molecular flexibility index (Phi) is 8.01. The largest absolute Gasteiger partial charge is 0.463 e. The smallest absolute Gasteiger partial charge is 0.336 e. The van der Waals surface area contributed by atoms with Gasteiger partial charge in [0.2, 0.25) is 0 Å². The number of allylic oxidation sites excluding steroid dienone is 1. The number of nitrogens with one attached hydrogen (secondary N) is 1. The zero-order valence-electron chi connectivity index (χ0n) is 22.0. The van der Waals surface area contributed by atoms with Gasteiger partial charge in [-0.05, 0) is 50.1 Å². The van der Waals surface area contributed by atoms with Gasteiger partial charge in [-0.15, -0.1) is 11.3 Å². The highest BCUT2D eigenvalue weighted by Crippen LogP contribution is 2.46. The number of nitro benzene ring substituents is 1. The lowest BCUT2D eigenvalue weighted by Gasteiger charge is -2.28. The maximum Gasteiger partial charge on any atom is 0.336 e. The number of fused-ring (bicyclic) bond motifs is 2. The Bertz CT molecular complexity index is 1530. The van der Waals surface area contributed by atoms with Crippen molar-refractivity contribution in [2.24, 2.45) is 0 Å². The van der Waals surface area contributed by atoms with Gasteiger partial charge in [0.1, 0.15) is 5.00 Å². The van der Waals surface area contributed by atoms with Crippen LogP contribution in [0.2, 0.25) is 0 Å². The van der Waals surface area contributed by atoms with Gasteiger partial charge in [-0.25, -0.2) is 9.78 Å². The number of nitrogens with zero attached hydrogens (tertiary/aromatic N) is 4. The average molecular weight is 564 g/mol. The Balaban J connectivity index is 1.38. The Morgan fingerprint density at radius 2 is 1.97 bits per heavy atom. The number of ether oxygens (including phenoxy) is 1. The van der Waals surface area contributed by atoms with Gasteiger partial charge in [0.15, 0.2) is 0 Å². The molecule has 1 aliphatic rings. The molecule has 0 saturated heterocycles. The van der Waals surface area contributed by atoms with Crippen molar-refractivity contribution < 1.29 is 14.5 Å². The van der Waals surface area contributed by atoms with Crippen LogP contribution in [0.25, 0.3) is 10.2 Å². The quantitative estimate of drug-likeness (QED) is 0.147. The number of carbonyl (C=O) groups excluding carboxylic acids is 1. The monoisotopic (exact) mass is 563 g/mol. The lowest BCUT2D eigenvalue weighted by Crippen LogP contribution is -2.26. The van der Waals surface area contributed by atoms with Gasteiger partial charge in [-0.1, -0.05) is 24.3 Å². The number of likely N-dealkylation sites (N-methyl/N-ethyl adjacent to an activating group) is 1. The fraction of sp³-hybridized carbons (Fsp3) is 0.321. The summed E-state index contributed by atoms with van der Waals surface area (Å²) in [5.74, 6) is -0.947. The number of benzene rings is 2. The van der Waals surface area contributed by atoms with Gasteiger partial charge in [0.05, 0.1) is 38.0 Å². The molecule has 5 rings (SSSR count). The van der Waals surface area contributed by atoms with Crippen LogP contribution in [0.15, 0.2) is 59.8 Å². The minimum Gasteiger partial charge on any atom is -0.463 e. The molecule has 11 heteroatoms. The van der Waals surface area contributed by atoms with E-state index in [0.717, 1.165) is 46.3 Å². The molecule has 0 fully saturated rings. The van der Waals surface area contributed by atoms with Gasteiger partial charge in [-0.3, -0.25) is 10.1 Å². The predicted molar refractivity (Wildman–Crippen MR) is 155 cm³/mol. The number of esters is 1. The van der Waals surface area contributed by atoms with Crippen LogP contribution < -0.4 is 5.32 Å². The molecule has 3 heterocycles. The number of hydrogen-bond acceptors (Lipinski definition) is 10. The van der Waals surface area contributed by atoms with E-state index in [0.29, 0.717) is 23.3 Å². The second-order valence-electron chi connectivity index (χ2n) is 9.42. The van der Waals surface area contributed by atoms with Crippen LogP contribution in [0.5, 0.6) is 0 Å². The SMILES string of the molecule is CCOC(=O)C1=C(C)Nc2snc(CCN(C)CCc3nc4ccccc4s3)c2C1c1cccc([N+](=O)[O-])c1. The highest BCUT2D eigenvalue weighted by Gasteiger charge is 2.37. The van der Waals surface area contributed by atoms with E-state index >= 15 is 0 Å². The van der Waals surface area contributed by atoms with E-state index in [2.05, 4.69) is 23.3 Å². The van der Waals surface area contributed by atoms with Crippen molar-refractivity contribution in [3.63, 3.8) is 0 Å². The van der Waals surface area contributed by atoms with Crippen molar-refractivity contribution in [1.29, 1.82) is 0 Å². The molecule has 0 radical (unpaired) electrons. The first-order valence-electron chi connectivity index (χ1n) is 12.8. The summed E-state index contributed by atoms with van der Waals surface area (Å²) in [6, 6.07) is 14.6. The zero-order valence-corrected chi connectivity index (χ0v) is 23.6. The molecule has 1 unspecified atom stereocenters. The van der Waals surface area contributed by atoms with Crippen LogP contribution in [0.3, 0.4) is 0 Å². The van der Waals surface area contributed by atoms with E-state index in [9.17, 15) is 14.9 Å². The van der Waals surface area contributed by atoms with Crippen molar-refractivity contribution in [2.75, 3.05) is 32.1 Å². The third-order valence-corrected chi connectivity index (χ3v) is 8.68. The molecule has 0 aliphatic carbocycles. The molecule has 0 bridgehead atoms. The summed E-state index contributed by atoms with van der Waals surface area (Å²) < 4.78 is 11.4. The van der Waals surface area contributed by atoms with E-state index < -0.39 is 16.8 Å². The maximum atomic E-state index is 13.1. The molecule has 202 valence electrons. The molecule has 0 amide bonds. The van der Waals surface area contributed by atoms with Crippen molar-refractivity contribution in [3.05, 3.63) is 91.7 Å². The van der Waals surface area contributed by atoms with Gasteiger partial charge in [0.25, 0.3) is 5.69 Å². The number of para-hydroxylation sites is 1. The van der Waals surface area contributed by atoms with E-state index in [1.54, 1.807) is 24.3 Å². The second kappa shape index (κ2) is 11.6. The molecular weight excluding hydrogens is 534 g/mol. The van der Waals surface area contributed by atoms with Gasteiger partial charge in [0, 0.05) is 55.2 Å². The standard InChI is InChI=1S/C28H29N5O4S2/c1-4-37-28(34)24-17(2)29-27-26(25(24)18-8-7-9-19(16-18)33(35)36)21(31-39-27)12-14-32(3)15-13-23-30-20-10-5-6-11-22(20)38-23/h5-11,16,25,29H,4,12-15H2,1-3H3. The molecule has 1 N–H and O–H groups in total. The van der Waals surface area contributed by atoms with Crippen LogP contribution in [0.1, 0.15) is 41.6 Å². The second-order valence-corrected chi connectivity index (χ2v) is 11.3. The first-order valence-corrected chi connectivity index (χ1v) is 14.3. The minimum atomic E-state index is -0.512. The highest BCUT2D eigenvalue weighted by molar-refractivity contribution is 7.18. The van der Waals surface area contributed by atoms with E-state index in [-0.39, 0.29) is 12.3 Å². The van der Waals surface area contributed by atoms with E-state index in [1.807, 2.05) is 31.2 Å². The molecule has 2 aromatic carbocycles. The van der Waals surface area contributed by atoms with Gasteiger partial charge < -0.3 is 15.0 Å². The molecule has 1 atom stereocenters. The van der Waals surface area contributed by atoms with Gasteiger partial charge >= 0.3 is 5.97 Å². The molecule has 0 spiro atoms. The van der Waals surface area contributed by atoms with Crippen LogP contribution in [0.4, 0.5) is 10.7 Å². The Labute approximate surface area is 234 Å². The summed E-state index contributed by atoms with van der Waals surface area (Å²) in [5, 5.41) is 16.8. The average Bonchev–Trinajstić information content (AvgIpc) is 3.53. The lowest BCUT2D eigenvalue weighted by atomic mass is 9.81. The fourth-order valence-corrected chi connectivity index (χ4v) is 6.73. The molecule has 2 aromatic heterocycles. The number of nitro groups is 1. The Hall–Kier alpha value is -3.67. The van der Waals surface area contributed by atoms with E-state index in [4.69, 9.17) is 14.1 Å². The van der Waals surface area contributed by atoms with Crippen molar-refractivity contribution in [2.45, 2.75) is 32.6 Å². The fourth-order valence-electron chi connectivity index (χ4n) is 4.85. The number of carbonyl (C=O) groups is 1. The van der Waals surface area contributed by atoms with Crippen LogP contribution >= 0.6 is 22.9 Å². The number of non-ortho nitro benzene ring substituents is 1. The van der Waals surface area contributed by atoms with Crippen LogP contribution in [0, 0.1) is 10.1 Å². The number of rotatable bonds is 10. The van der Waals surface area contributed by atoms with Crippen LogP contribution in [-0.2, 0) is 22.4 Å². The predicted octanol–water partition coefficient (Wildman–Crippen LogP) is 5.77. The molecular formula is C28H29N5O4S2. The summed E-state index contributed by atoms with van der Waals surface area (Å²) in [6.07, 6.45) is 1.53. The Morgan fingerprint density at radius 3 is 2.74 bits per heavy atom. The number of hydrogen-bond donors (Lipinski definition) is 1. The third kappa shape index (κ3) is 5.70. The first kappa shape index (κ1) is 26.9. The molecule has 0 saturated carbocycles. The summed E-state index contributed by atoms with van der Waals surface area (Å²) in [4.78, 5) is 31.2. The van der Waals surface area contributed by atoms with Crippen molar-refractivity contribution in [3.8, 4) is 0 Å². The normalized spacial score (nSPS) is 14.9. The third-order valence-electron chi connectivity index (χ3n) is 6.77. The summed E-state index contributed by atoms with van der Waals surface area (Å²) in [7, 11) is 2.08. The number of aromatic nitrogens is 2. The van der Waals surface area contributed by atoms with Crippen LogP contribution in [-0.4, -0.2) is 51.9 Å². The van der Waals surface area contributed by atoms with Gasteiger partial charge in [-0.2, -0.15) is 4.37 Å². The Morgan fingerprint density at radius 1 is 1.18 bits per heavy atom. The number of anilines is 1. The first-order chi connectivity index (χ1) is 18.9. The van der Waals surface area contributed by atoms with Crippen molar-refractivity contribution in [1.82, 2.24) is 14.3 Å². The summed E-state index contributed by atoms with van der Waals surface area (Å²) >= 11 is 3.08. The summed E-state index contributed by atoms with van der Waals surface area (Å²) in [6.45, 7) is 5.44. The topological polar surface area (TPSA) is 110 Å². The number of thiazole rings is 1. The molecule has 4 aromatic rings. The molecule has 1 aliphatic heterocycles. The molecule has 9 nitrogen and oxygen atoms in total. The zero-order chi connectivity index (χ0) is 27.5. The van der Waals surface area contributed by atoms with Crippen molar-refractivity contribution >= 4 is 49.7 Å². The maximum absolute atomic E-state index is 13.1. The minimum absolute atomic E-state index is 0.0206. The summed E-state index contributed by atoms with van der Waals surface area (Å²) in [5.41, 5.74) is 4.56. The lowest BCUT2D eigenvalue weighted by molar-refractivity contribution is -0.384. The highest BCUT2D eigenvalue weighted by atomic mass is 32.1. The molecule has 39 heavy (non-hydrogen) atoms.